The van der Waals surface area contributed by atoms with Crippen LogP contribution in [0.25, 0.3) is 0 Å². The second-order valence-corrected chi connectivity index (χ2v) is 6.19. The number of hydrogen-bond acceptors (Lipinski definition) is 2. The molecule has 0 saturated carbocycles. The third-order valence-electron chi connectivity index (χ3n) is 4.09. The highest BCUT2D eigenvalue weighted by Gasteiger charge is 2.30. The Labute approximate surface area is 135 Å². The van der Waals surface area contributed by atoms with Gasteiger partial charge in [-0.1, -0.05) is 29.8 Å². The van der Waals surface area contributed by atoms with E-state index in [2.05, 4.69) is 18.3 Å². The van der Waals surface area contributed by atoms with E-state index in [0.29, 0.717) is 5.02 Å². The van der Waals surface area contributed by atoms with Crippen LogP contribution >= 0.6 is 11.6 Å². The van der Waals surface area contributed by atoms with Gasteiger partial charge >= 0.3 is 0 Å². The number of amides is 1. The van der Waals surface area contributed by atoms with Gasteiger partial charge in [-0.15, -0.1) is 0 Å². The van der Waals surface area contributed by atoms with Gasteiger partial charge in [0, 0.05) is 22.4 Å². The second kappa shape index (κ2) is 6.01. The maximum Gasteiger partial charge on any atom is 0.246 e. The van der Waals surface area contributed by atoms with Crippen LogP contribution in [0.2, 0.25) is 5.02 Å². The Balaban J connectivity index is 1.72. The summed E-state index contributed by atoms with van der Waals surface area (Å²) in [4.78, 5) is 14.5. The van der Waals surface area contributed by atoms with Crippen molar-refractivity contribution in [3.8, 4) is 0 Å². The van der Waals surface area contributed by atoms with Gasteiger partial charge in [0.2, 0.25) is 5.91 Å². The van der Waals surface area contributed by atoms with Gasteiger partial charge in [0.05, 0.1) is 6.54 Å². The normalized spacial score (nSPS) is 16.5. The van der Waals surface area contributed by atoms with Crippen LogP contribution in [0.4, 0.5) is 11.4 Å². The van der Waals surface area contributed by atoms with Crippen LogP contribution in [0.3, 0.4) is 0 Å². The number of hydrogen-bond donors (Lipinski definition) is 1. The van der Waals surface area contributed by atoms with E-state index in [0.717, 1.165) is 23.4 Å². The fraction of sp³-hybridized carbons (Fsp3) is 0.278. The number of carbonyl (C=O) groups excluding carboxylic acids is 1. The third kappa shape index (κ3) is 2.81. The first-order valence-corrected chi connectivity index (χ1v) is 7.84. The number of fused-ring (bicyclic) bond motifs is 1. The molecule has 22 heavy (non-hydrogen) atoms. The largest absolute Gasteiger partial charge is 0.376 e. The molecular formula is C18H19ClN2O. The molecule has 2 aromatic rings. The molecule has 0 aromatic heterocycles. The highest BCUT2D eigenvalue weighted by atomic mass is 35.5. The smallest absolute Gasteiger partial charge is 0.246 e. The van der Waals surface area contributed by atoms with Crippen LogP contribution in [-0.2, 0) is 11.2 Å². The topological polar surface area (TPSA) is 32.3 Å². The molecule has 1 aliphatic rings. The summed E-state index contributed by atoms with van der Waals surface area (Å²) in [5.74, 6) is 0.0896. The summed E-state index contributed by atoms with van der Waals surface area (Å²) in [6.07, 6.45) is 0.919. The van der Waals surface area contributed by atoms with Gasteiger partial charge in [-0.2, -0.15) is 0 Å². The Bertz CT molecular complexity index is 714. The molecule has 4 heteroatoms. The molecule has 1 aliphatic heterocycles. The van der Waals surface area contributed by atoms with Crippen molar-refractivity contribution in [1.82, 2.24) is 0 Å². The first-order valence-electron chi connectivity index (χ1n) is 7.46. The molecular weight excluding hydrogens is 296 g/mol. The van der Waals surface area contributed by atoms with Crippen molar-refractivity contribution in [2.24, 2.45) is 0 Å². The van der Waals surface area contributed by atoms with Gasteiger partial charge in [0.15, 0.2) is 0 Å². The van der Waals surface area contributed by atoms with Gasteiger partial charge in [0.25, 0.3) is 0 Å². The molecule has 3 nitrogen and oxygen atoms in total. The number of benzene rings is 2. The lowest BCUT2D eigenvalue weighted by Gasteiger charge is -2.23. The molecule has 114 valence electrons. The van der Waals surface area contributed by atoms with Crippen LogP contribution in [-0.4, -0.2) is 18.5 Å². The summed E-state index contributed by atoms with van der Waals surface area (Å²) < 4.78 is 0. The van der Waals surface area contributed by atoms with Crippen molar-refractivity contribution in [2.75, 3.05) is 16.8 Å². The van der Waals surface area contributed by atoms with Gasteiger partial charge in [-0.3, -0.25) is 4.79 Å². The van der Waals surface area contributed by atoms with Gasteiger partial charge in [0.1, 0.15) is 0 Å². The zero-order valence-electron chi connectivity index (χ0n) is 12.8. The maximum atomic E-state index is 12.6. The molecule has 0 spiro atoms. The molecule has 3 rings (SSSR count). The predicted molar refractivity (Wildman–Crippen MR) is 91.8 cm³/mol. The number of anilines is 2. The van der Waals surface area contributed by atoms with Crippen LogP contribution in [0.15, 0.2) is 42.5 Å². The zero-order chi connectivity index (χ0) is 15.7. The number of para-hydroxylation sites is 1. The summed E-state index contributed by atoms with van der Waals surface area (Å²) >= 11 is 5.96. The summed E-state index contributed by atoms with van der Waals surface area (Å²) in [5.41, 5.74) is 4.26. The quantitative estimate of drug-likeness (QED) is 0.927. The highest BCUT2D eigenvalue weighted by molar-refractivity contribution is 6.30. The molecule has 1 atom stereocenters. The van der Waals surface area contributed by atoms with Crippen molar-refractivity contribution in [1.29, 1.82) is 0 Å². The van der Waals surface area contributed by atoms with Crippen molar-refractivity contribution in [3.05, 3.63) is 58.6 Å². The molecule has 1 N–H and O–H groups in total. The number of aryl methyl sites for hydroxylation is 1. The van der Waals surface area contributed by atoms with Gasteiger partial charge < -0.3 is 10.2 Å². The molecule has 0 aliphatic carbocycles. The van der Waals surface area contributed by atoms with Crippen molar-refractivity contribution < 1.29 is 4.79 Å². The Hall–Kier alpha value is -2.00. The molecule has 0 saturated heterocycles. The summed E-state index contributed by atoms with van der Waals surface area (Å²) in [7, 11) is 0. The first-order chi connectivity index (χ1) is 10.6. The zero-order valence-corrected chi connectivity index (χ0v) is 13.5. The lowest BCUT2D eigenvalue weighted by Crippen LogP contribution is -2.39. The van der Waals surface area contributed by atoms with Crippen molar-refractivity contribution >= 4 is 28.9 Å². The molecule has 1 unspecified atom stereocenters. The Morgan fingerprint density at radius 3 is 2.86 bits per heavy atom. The number of nitrogens with one attached hydrogen (secondary N) is 1. The number of nitrogens with zero attached hydrogens (tertiary/aromatic N) is 1. The van der Waals surface area contributed by atoms with E-state index in [1.165, 1.54) is 5.56 Å². The van der Waals surface area contributed by atoms with Crippen molar-refractivity contribution in [2.45, 2.75) is 26.3 Å². The predicted octanol–water partition coefficient (Wildman–Crippen LogP) is 4.04. The van der Waals surface area contributed by atoms with Gasteiger partial charge in [-0.05, 0) is 55.7 Å². The summed E-state index contributed by atoms with van der Waals surface area (Å²) in [6, 6.07) is 13.9. The third-order valence-corrected chi connectivity index (χ3v) is 4.33. The minimum Gasteiger partial charge on any atom is -0.376 e. The van der Waals surface area contributed by atoms with E-state index in [4.69, 9.17) is 11.6 Å². The van der Waals surface area contributed by atoms with Crippen LogP contribution in [0.5, 0.6) is 0 Å². The van der Waals surface area contributed by atoms with E-state index < -0.39 is 0 Å². The maximum absolute atomic E-state index is 12.6. The number of halogens is 1. The lowest BCUT2D eigenvalue weighted by molar-refractivity contribution is -0.117. The SMILES string of the molecule is Cc1cc(Cl)ccc1NCC(=O)N1c2ccccc2CC1C. The molecule has 2 aromatic carbocycles. The standard InChI is InChI=1S/C18H19ClN2O/c1-12-9-15(19)7-8-16(12)20-11-18(22)21-13(2)10-14-5-3-4-6-17(14)21/h3-9,13,20H,10-11H2,1-2H3. The van der Waals surface area contributed by atoms with E-state index in [-0.39, 0.29) is 18.5 Å². The molecule has 0 radical (unpaired) electrons. The molecule has 1 amide bonds. The van der Waals surface area contributed by atoms with Crippen molar-refractivity contribution in [3.63, 3.8) is 0 Å². The van der Waals surface area contributed by atoms with Crippen LogP contribution < -0.4 is 10.2 Å². The van der Waals surface area contributed by atoms with Gasteiger partial charge in [-0.25, -0.2) is 0 Å². The number of carbonyl (C=O) groups is 1. The summed E-state index contributed by atoms with van der Waals surface area (Å²) in [6.45, 7) is 4.35. The molecule has 0 fully saturated rings. The second-order valence-electron chi connectivity index (χ2n) is 5.76. The lowest BCUT2D eigenvalue weighted by atomic mass is 10.1. The van der Waals surface area contributed by atoms with E-state index in [1.54, 1.807) is 0 Å². The Morgan fingerprint density at radius 2 is 2.09 bits per heavy atom. The van der Waals surface area contributed by atoms with E-state index in [9.17, 15) is 4.79 Å². The fourth-order valence-corrected chi connectivity index (χ4v) is 3.25. The van der Waals surface area contributed by atoms with Crippen LogP contribution in [0, 0.1) is 6.92 Å². The minimum atomic E-state index is 0.0896. The Kier molecular flexibility index (Phi) is 4.08. The van der Waals surface area contributed by atoms with E-state index in [1.807, 2.05) is 48.2 Å². The highest BCUT2D eigenvalue weighted by Crippen LogP contribution is 2.31. The summed E-state index contributed by atoms with van der Waals surface area (Å²) in [5, 5.41) is 3.92. The average Bonchev–Trinajstić information content (AvgIpc) is 2.82. The fourth-order valence-electron chi connectivity index (χ4n) is 3.03. The monoisotopic (exact) mass is 314 g/mol. The molecule has 1 heterocycles. The minimum absolute atomic E-state index is 0.0896. The van der Waals surface area contributed by atoms with E-state index >= 15 is 0 Å². The van der Waals surface area contributed by atoms with Crippen LogP contribution in [0.1, 0.15) is 18.1 Å². The average molecular weight is 315 g/mol. The number of rotatable bonds is 3. The first kappa shape index (κ1) is 14.9. The Morgan fingerprint density at radius 1 is 1.32 bits per heavy atom. The molecule has 0 bridgehead atoms.